The molecule has 1 atom stereocenters. The summed E-state index contributed by atoms with van der Waals surface area (Å²) in [6, 6.07) is 15.2. The van der Waals surface area contributed by atoms with Crippen LogP contribution in [0.15, 0.2) is 48.5 Å². The van der Waals surface area contributed by atoms with Crippen molar-refractivity contribution in [3.05, 3.63) is 64.7 Å². The van der Waals surface area contributed by atoms with Crippen LogP contribution in [0.2, 0.25) is 5.02 Å². The van der Waals surface area contributed by atoms with Crippen LogP contribution in [0.25, 0.3) is 0 Å². The molecule has 4 rings (SSSR count). The summed E-state index contributed by atoms with van der Waals surface area (Å²) >= 11 is 6.11. The molecule has 0 spiro atoms. The average Bonchev–Trinajstić information content (AvgIpc) is 3.37. The minimum Gasteiger partial charge on any atom is -0.336 e. The molecule has 1 saturated carbocycles. The predicted octanol–water partition coefficient (Wildman–Crippen LogP) is 5.64. The number of anilines is 1. The third-order valence-corrected chi connectivity index (χ3v) is 7.46. The molecular weight excluding hydrogens is 446 g/mol. The summed E-state index contributed by atoms with van der Waals surface area (Å²) in [7, 11) is 0. The zero-order valence-electron chi connectivity index (χ0n) is 20.1. The van der Waals surface area contributed by atoms with E-state index in [9.17, 15) is 9.59 Å². The molecule has 0 bridgehead atoms. The van der Waals surface area contributed by atoms with E-state index in [1.54, 1.807) is 12.1 Å². The van der Waals surface area contributed by atoms with Crippen LogP contribution in [-0.4, -0.2) is 53.8 Å². The molecule has 6 heteroatoms. The maximum Gasteiger partial charge on any atom is 0.253 e. The number of piperazine rings is 1. The van der Waals surface area contributed by atoms with Crippen molar-refractivity contribution in [2.45, 2.75) is 57.9 Å². The number of hydrogen-bond acceptors (Lipinski definition) is 3. The average molecular weight is 482 g/mol. The Morgan fingerprint density at radius 1 is 1.03 bits per heavy atom. The van der Waals surface area contributed by atoms with Gasteiger partial charge in [-0.1, -0.05) is 56.0 Å². The Labute approximate surface area is 208 Å². The molecule has 1 heterocycles. The zero-order valence-corrected chi connectivity index (χ0v) is 20.9. The van der Waals surface area contributed by atoms with Gasteiger partial charge in [-0.3, -0.25) is 14.5 Å². The van der Waals surface area contributed by atoms with E-state index < -0.39 is 0 Å². The molecule has 1 N–H and O–H groups in total. The number of hydrogen-bond donors (Lipinski definition) is 1. The van der Waals surface area contributed by atoms with Gasteiger partial charge >= 0.3 is 0 Å². The maximum atomic E-state index is 13.4. The van der Waals surface area contributed by atoms with Gasteiger partial charge in [0.2, 0.25) is 5.91 Å². The number of benzene rings is 2. The van der Waals surface area contributed by atoms with Crippen molar-refractivity contribution < 1.29 is 9.59 Å². The molecule has 34 heavy (non-hydrogen) atoms. The molecule has 0 aromatic heterocycles. The fourth-order valence-electron chi connectivity index (χ4n) is 5.31. The predicted molar refractivity (Wildman–Crippen MR) is 138 cm³/mol. The van der Waals surface area contributed by atoms with Crippen molar-refractivity contribution in [3.63, 3.8) is 0 Å². The number of unbranched alkanes of at least 4 members (excludes halogenated alkanes) is 1. The van der Waals surface area contributed by atoms with Crippen molar-refractivity contribution in [2.24, 2.45) is 5.92 Å². The normalized spacial score (nSPS) is 18.1. The Hall–Kier alpha value is -2.37. The van der Waals surface area contributed by atoms with Crippen LogP contribution in [0.3, 0.4) is 0 Å². The van der Waals surface area contributed by atoms with E-state index in [4.69, 9.17) is 11.6 Å². The Morgan fingerprint density at radius 3 is 2.38 bits per heavy atom. The molecule has 2 fully saturated rings. The highest BCUT2D eigenvalue weighted by Gasteiger charge is 2.37. The first-order valence-electron chi connectivity index (χ1n) is 12.7. The third-order valence-electron chi connectivity index (χ3n) is 7.22. The van der Waals surface area contributed by atoms with Crippen LogP contribution in [-0.2, 0) is 11.2 Å². The molecule has 0 radical (unpaired) electrons. The fourth-order valence-corrected chi connectivity index (χ4v) is 5.50. The van der Waals surface area contributed by atoms with Gasteiger partial charge < -0.3 is 10.2 Å². The van der Waals surface area contributed by atoms with E-state index in [0.29, 0.717) is 37.1 Å². The minimum absolute atomic E-state index is 0.0385. The highest BCUT2D eigenvalue weighted by molar-refractivity contribution is 6.30. The second-order valence-corrected chi connectivity index (χ2v) is 10.1. The van der Waals surface area contributed by atoms with Gasteiger partial charge in [0, 0.05) is 42.5 Å². The number of carbonyl (C=O) groups is 2. The third kappa shape index (κ3) is 6.19. The second-order valence-electron chi connectivity index (χ2n) is 9.62. The molecule has 1 aliphatic heterocycles. The molecular formula is C28H36ClN3O2. The van der Waals surface area contributed by atoms with Crippen LogP contribution < -0.4 is 5.32 Å². The lowest BCUT2D eigenvalue weighted by molar-refractivity contribution is -0.123. The molecule has 1 unspecified atom stereocenters. The summed E-state index contributed by atoms with van der Waals surface area (Å²) in [5.41, 5.74) is 2.77. The summed E-state index contributed by atoms with van der Waals surface area (Å²) < 4.78 is 0. The first-order valence-corrected chi connectivity index (χ1v) is 13.1. The van der Waals surface area contributed by atoms with Crippen molar-refractivity contribution in [3.8, 4) is 0 Å². The summed E-state index contributed by atoms with van der Waals surface area (Å²) in [5, 5.41) is 3.70. The summed E-state index contributed by atoms with van der Waals surface area (Å²) in [5.74, 6) is 0.483. The quantitative estimate of drug-likeness (QED) is 0.531. The lowest BCUT2D eigenvalue weighted by atomic mass is 9.94. The van der Waals surface area contributed by atoms with Crippen molar-refractivity contribution >= 4 is 29.1 Å². The largest absolute Gasteiger partial charge is 0.336 e. The van der Waals surface area contributed by atoms with Gasteiger partial charge in [0.05, 0.1) is 6.04 Å². The Morgan fingerprint density at radius 2 is 1.74 bits per heavy atom. The molecule has 2 aromatic rings. The Kier molecular flexibility index (Phi) is 8.63. The topological polar surface area (TPSA) is 52.7 Å². The van der Waals surface area contributed by atoms with Gasteiger partial charge in [0.25, 0.3) is 5.91 Å². The molecule has 2 aliphatic rings. The first-order chi connectivity index (χ1) is 16.5. The Bertz CT molecular complexity index is 964. The smallest absolute Gasteiger partial charge is 0.253 e. The van der Waals surface area contributed by atoms with Gasteiger partial charge in [-0.25, -0.2) is 0 Å². The fraction of sp³-hybridized carbons (Fsp3) is 0.500. The van der Waals surface area contributed by atoms with E-state index >= 15 is 0 Å². The Balaban J connectivity index is 1.38. The first kappa shape index (κ1) is 24.7. The number of aryl methyl sites for hydroxylation is 1. The number of amides is 2. The summed E-state index contributed by atoms with van der Waals surface area (Å²) in [4.78, 5) is 30.7. The summed E-state index contributed by atoms with van der Waals surface area (Å²) in [6.45, 7) is 4.90. The lowest BCUT2D eigenvalue weighted by Crippen LogP contribution is -2.56. The van der Waals surface area contributed by atoms with E-state index in [2.05, 4.69) is 29.3 Å². The molecule has 2 amide bonds. The lowest BCUT2D eigenvalue weighted by Gasteiger charge is -2.40. The van der Waals surface area contributed by atoms with Crippen molar-refractivity contribution in [1.82, 2.24) is 9.80 Å². The number of carbonyl (C=O) groups excluding carboxylic acids is 2. The second kappa shape index (κ2) is 11.9. The molecule has 1 saturated heterocycles. The van der Waals surface area contributed by atoms with Crippen LogP contribution >= 0.6 is 11.6 Å². The SMILES string of the molecule is CCCCc1ccc(C(=O)N2CCN(C(C(=O)Nc3cccc(Cl)c3)C3CCCC3)CC2)cc1. The van der Waals surface area contributed by atoms with Crippen LogP contribution in [0.1, 0.15) is 61.4 Å². The maximum absolute atomic E-state index is 13.4. The molecule has 2 aromatic carbocycles. The number of nitrogens with zero attached hydrogens (tertiary/aromatic N) is 2. The van der Waals surface area contributed by atoms with Crippen LogP contribution in [0, 0.1) is 5.92 Å². The number of nitrogens with one attached hydrogen (secondary N) is 1. The van der Waals surface area contributed by atoms with Gasteiger partial charge in [-0.05, 0) is 67.5 Å². The molecule has 182 valence electrons. The minimum atomic E-state index is -0.170. The van der Waals surface area contributed by atoms with Gasteiger partial charge in [0.1, 0.15) is 0 Å². The van der Waals surface area contributed by atoms with E-state index in [0.717, 1.165) is 30.5 Å². The number of halogens is 1. The molecule has 1 aliphatic carbocycles. The summed E-state index contributed by atoms with van der Waals surface area (Å²) in [6.07, 6.45) is 7.92. The van der Waals surface area contributed by atoms with Crippen LogP contribution in [0.4, 0.5) is 5.69 Å². The molecule has 5 nitrogen and oxygen atoms in total. The van der Waals surface area contributed by atoms with E-state index in [-0.39, 0.29) is 17.9 Å². The van der Waals surface area contributed by atoms with E-state index in [1.165, 1.54) is 31.2 Å². The highest BCUT2D eigenvalue weighted by Crippen LogP contribution is 2.32. The van der Waals surface area contributed by atoms with Gasteiger partial charge in [-0.2, -0.15) is 0 Å². The highest BCUT2D eigenvalue weighted by atomic mass is 35.5. The van der Waals surface area contributed by atoms with Gasteiger partial charge in [0.15, 0.2) is 0 Å². The van der Waals surface area contributed by atoms with Crippen LogP contribution in [0.5, 0.6) is 0 Å². The van der Waals surface area contributed by atoms with Gasteiger partial charge in [-0.15, -0.1) is 0 Å². The van der Waals surface area contributed by atoms with Crippen molar-refractivity contribution in [1.29, 1.82) is 0 Å². The standard InChI is InChI=1S/C28H36ClN3O2/c1-2-3-7-21-12-14-23(15-13-21)28(34)32-18-16-31(17-19-32)26(22-8-4-5-9-22)27(33)30-25-11-6-10-24(29)20-25/h6,10-15,20,22,26H,2-5,7-9,16-19H2,1H3,(H,30,33). The monoisotopic (exact) mass is 481 g/mol. The van der Waals surface area contributed by atoms with E-state index in [1.807, 2.05) is 29.2 Å². The van der Waals surface area contributed by atoms with Crippen molar-refractivity contribution in [2.75, 3.05) is 31.5 Å². The zero-order chi connectivity index (χ0) is 23.9. The number of rotatable bonds is 8.